The van der Waals surface area contributed by atoms with Crippen molar-refractivity contribution in [1.82, 2.24) is 9.97 Å². The van der Waals surface area contributed by atoms with Crippen molar-refractivity contribution in [3.8, 4) is 0 Å². The Hall–Kier alpha value is -2.10. The Morgan fingerprint density at radius 3 is 2.33 bits per heavy atom. The smallest absolute Gasteiger partial charge is 0.229 e. The largest absolute Gasteiger partial charge is 0.357 e. The van der Waals surface area contributed by atoms with Crippen molar-refractivity contribution in [3.63, 3.8) is 0 Å². The molecule has 1 aromatic heterocycles. The van der Waals surface area contributed by atoms with E-state index in [9.17, 15) is 0 Å². The Balaban J connectivity index is 2.31. The maximum atomic E-state index is 4.64. The van der Waals surface area contributed by atoms with E-state index >= 15 is 0 Å². The van der Waals surface area contributed by atoms with Gasteiger partial charge in [-0.2, -0.15) is 4.98 Å². The Labute approximate surface area is 127 Å². The van der Waals surface area contributed by atoms with Crippen molar-refractivity contribution in [3.05, 3.63) is 41.1 Å². The summed E-state index contributed by atoms with van der Waals surface area (Å²) in [5.41, 5.74) is 4.48. The number of hydrogen-bond acceptors (Lipinski definition) is 4. The van der Waals surface area contributed by atoms with Gasteiger partial charge in [-0.25, -0.2) is 4.98 Å². The van der Waals surface area contributed by atoms with Crippen LogP contribution in [-0.2, 0) is 0 Å². The summed E-state index contributed by atoms with van der Waals surface area (Å²) in [6, 6.07) is 8.35. The zero-order valence-electron chi connectivity index (χ0n) is 13.6. The molecular weight excluding hydrogens is 260 g/mol. The van der Waals surface area contributed by atoms with Crippen molar-refractivity contribution in [2.75, 3.05) is 23.3 Å². The van der Waals surface area contributed by atoms with E-state index in [-0.39, 0.29) is 0 Å². The van der Waals surface area contributed by atoms with Gasteiger partial charge in [0.15, 0.2) is 0 Å². The molecule has 0 bridgehead atoms. The first kappa shape index (κ1) is 15.3. The number of hydrogen-bond donors (Lipinski definition) is 1. The second kappa shape index (κ2) is 6.57. The molecule has 1 aromatic carbocycles. The second-order valence-corrected chi connectivity index (χ2v) is 5.31. The van der Waals surface area contributed by atoms with Crippen LogP contribution in [-0.4, -0.2) is 23.1 Å². The van der Waals surface area contributed by atoms with Gasteiger partial charge in [0, 0.05) is 30.5 Å². The van der Waals surface area contributed by atoms with Crippen LogP contribution in [0.2, 0.25) is 0 Å². The summed E-state index contributed by atoms with van der Waals surface area (Å²) < 4.78 is 0. The molecule has 0 atom stereocenters. The van der Waals surface area contributed by atoms with Crippen LogP contribution in [0.1, 0.15) is 30.7 Å². The van der Waals surface area contributed by atoms with Crippen molar-refractivity contribution in [1.29, 1.82) is 0 Å². The number of aromatic nitrogens is 2. The lowest BCUT2D eigenvalue weighted by Gasteiger charge is -2.21. The maximum absolute atomic E-state index is 4.64. The van der Waals surface area contributed by atoms with Crippen molar-refractivity contribution >= 4 is 17.5 Å². The highest BCUT2D eigenvalue weighted by Gasteiger charge is 2.08. The standard InChI is InChI=1S/C17H24N4/c1-6-21(7-2)16-11-14(5)18-17(20-16)19-15-9-8-12(3)10-13(15)4/h8-11H,6-7H2,1-5H3,(H,18,19,20). The van der Waals surface area contributed by atoms with Crippen molar-refractivity contribution in [2.45, 2.75) is 34.6 Å². The molecule has 0 aliphatic carbocycles. The SMILES string of the molecule is CCN(CC)c1cc(C)nc(Nc2ccc(C)cc2C)n1. The molecule has 0 spiro atoms. The van der Waals surface area contributed by atoms with Crippen LogP contribution in [0.5, 0.6) is 0 Å². The van der Waals surface area contributed by atoms with Gasteiger partial charge in [-0.1, -0.05) is 17.7 Å². The van der Waals surface area contributed by atoms with Crippen molar-refractivity contribution in [2.24, 2.45) is 0 Å². The predicted molar refractivity (Wildman–Crippen MR) is 89.5 cm³/mol. The van der Waals surface area contributed by atoms with E-state index in [1.165, 1.54) is 11.1 Å². The molecule has 0 fully saturated rings. The van der Waals surface area contributed by atoms with Gasteiger partial charge in [0.1, 0.15) is 5.82 Å². The predicted octanol–water partition coefficient (Wildman–Crippen LogP) is 3.99. The summed E-state index contributed by atoms with van der Waals surface area (Å²) in [7, 11) is 0. The molecule has 0 aliphatic rings. The number of benzene rings is 1. The second-order valence-electron chi connectivity index (χ2n) is 5.31. The summed E-state index contributed by atoms with van der Waals surface area (Å²) in [4.78, 5) is 11.4. The van der Waals surface area contributed by atoms with Crippen LogP contribution in [0.4, 0.5) is 17.5 Å². The van der Waals surface area contributed by atoms with Gasteiger partial charge in [0.25, 0.3) is 0 Å². The van der Waals surface area contributed by atoms with E-state index < -0.39 is 0 Å². The molecular formula is C17H24N4. The third kappa shape index (κ3) is 3.72. The lowest BCUT2D eigenvalue weighted by atomic mass is 10.1. The first-order valence-corrected chi connectivity index (χ1v) is 7.48. The third-order valence-corrected chi connectivity index (χ3v) is 3.56. The van der Waals surface area contributed by atoms with E-state index in [2.05, 4.69) is 66.1 Å². The number of nitrogens with one attached hydrogen (secondary N) is 1. The molecule has 4 heteroatoms. The fourth-order valence-corrected chi connectivity index (χ4v) is 2.39. The van der Waals surface area contributed by atoms with E-state index in [1.54, 1.807) is 0 Å². The lowest BCUT2D eigenvalue weighted by molar-refractivity contribution is 0.840. The Morgan fingerprint density at radius 2 is 1.71 bits per heavy atom. The van der Waals surface area contributed by atoms with Gasteiger partial charge in [-0.3, -0.25) is 0 Å². The molecule has 0 unspecified atom stereocenters. The van der Waals surface area contributed by atoms with Crippen LogP contribution >= 0.6 is 0 Å². The van der Waals surface area contributed by atoms with E-state index in [0.29, 0.717) is 5.95 Å². The highest BCUT2D eigenvalue weighted by atomic mass is 15.2. The van der Waals surface area contributed by atoms with Gasteiger partial charge in [0.05, 0.1) is 0 Å². The minimum Gasteiger partial charge on any atom is -0.357 e. The molecule has 0 saturated carbocycles. The van der Waals surface area contributed by atoms with Gasteiger partial charge < -0.3 is 10.2 Å². The van der Waals surface area contributed by atoms with Gasteiger partial charge in [0.2, 0.25) is 5.95 Å². The minimum absolute atomic E-state index is 0.656. The van der Waals surface area contributed by atoms with Crippen LogP contribution in [0.15, 0.2) is 24.3 Å². The highest BCUT2D eigenvalue weighted by Crippen LogP contribution is 2.21. The zero-order chi connectivity index (χ0) is 15.4. The maximum Gasteiger partial charge on any atom is 0.229 e. The van der Waals surface area contributed by atoms with Gasteiger partial charge in [-0.15, -0.1) is 0 Å². The molecule has 1 heterocycles. The number of rotatable bonds is 5. The fourth-order valence-electron chi connectivity index (χ4n) is 2.39. The normalized spacial score (nSPS) is 10.5. The van der Waals surface area contributed by atoms with E-state index in [4.69, 9.17) is 0 Å². The first-order valence-electron chi connectivity index (χ1n) is 7.48. The molecule has 0 amide bonds. The topological polar surface area (TPSA) is 41.1 Å². The molecule has 112 valence electrons. The van der Waals surface area contributed by atoms with Crippen molar-refractivity contribution < 1.29 is 0 Å². The minimum atomic E-state index is 0.656. The van der Waals surface area contributed by atoms with E-state index in [1.807, 2.05) is 13.0 Å². The fraction of sp³-hybridized carbons (Fsp3) is 0.412. The average molecular weight is 284 g/mol. The number of nitrogens with zero attached hydrogens (tertiary/aromatic N) is 3. The molecule has 2 rings (SSSR count). The van der Waals surface area contributed by atoms with E-state index in [0.717, 1.165) is 30.3 Å². The monoisotopic (exact) mass is 284 g/mol. The van der Waals surface area contributed by atoms with Gasteiger partial charge in [-0.05, 0) is 46.2 Å². The summed E-state index contributed by atoms with van der Waals surface area (Å²) >= 11 is 0. The average Bonchev–Trinajstić information content (AvgIpc) is 2.43. The zero-order valence-corrected chi connectivity index (χ0v) is 13.6. The Morgan fingerprint density at radius 1 is 1.00 bits per heavy atom. The lowest BCUT2D eigenvalue weighted by Crippen LogP contribution is -2.23. The van der Waals surface area contributed by atoms with Crippen LogP contribution in [0.3, 0.4) is 0 Å². The summed E-state index contributed by atoms with van der Waals surface area (Å²) in [6.45, 7) is 12.3. The highest BCUT2D eigenvalue weighted by molar-refractivity contribution is 5.60. The number of aryl methyl sites for hydroxylation is 3. The quantitative estimate of drug-likeness (QED) is 0.901. The summed E-state index contributed by atoms with van der Waals surface area (Å²) in [5, 5.41) is 3.33. The first-order chi connectivity index (χ1) is 10.0. The molecule has 0 aliphatic heterocycles. The molecule has 2 aromatic rings. The molecule has 21 heavy (non-hydrogen) atoms. The number of anilines is 3. The summed E-state index contributed by atoms with van der Waals surface area (Å²) in [6.07, 6.45) is 0. The van der Waals surface area contributed by atoms with Crippen LogP contribution in [0.25, 0.3) is 0 Å². The molecule has 0 saturated heterocycles. The Kier molecular flexibility index (Phi) is 4.78. The van der Waals surface area contributed by atoms with Gasteiger partial charge >= 0.3 is 0 Å². The molecule has 1 N–H and O–H groups in total. The molecule has 0 radical (unpaired) electrons. The molecule has 4 nitrogen and oxygen atoms in total. The Bertz CT molecular complexity index is 618. The van der Waals surface area contributed by atoms with Crippen LogP contribution < -0.4 is 10.2 Å². The van der Waals surface area contributed by atoms with Crippen LogP contribution in [0, 0.1) is 20.8 Å². The summed E-state index contributed by atoms with van der Waals surface area (Å²) in [5.74, 6) is 1.63. The third-order valence-electron chi connectivity index (χ3n) is 3.56.